The van der Waals surface area contributed by atoms with Crippen LogP contribution in [0.15, 0.2) is 9.93 Å². The molecule has 0 aromatic rings. The fourth-order valence-electron chi connectivity index (χ4n) is 1.11. The molecule has 0 saturated heterocycles. The zero-order valence-electron chi connectivity index (χ0n) is 8.28. The summed E-state index contributed by atoms with van der Waals surface area (Å²) in [5, 5.41) is 0. The molecule has 1 unspecified atom stereocenters. The van der Waals surface area contributed by atoms with E-state index in [9.17, 15) is 16.8 Å². The average molecular weight is 290 g/mol. The maximum Gasteiger partial charge on any atom is 0.314 e. The molecule has 0 amide bonds. The summed E-state index contributed by atoms with van der Waals surface area (Å²) in [7, 11) is -8.11. The molecule has 0 spiro atoms. The highest BCUT2D eigenvalue weighted by Crippen LogP contribution is 2.46. The van der Waals surface area contributed by atoms with Gasteiger partial charge in [0.2, 0.25) is 0 Å². The maximum atomic E-state index is 11.0. The van der Waals surface area contributed by atoms with Crippen LogP contribution in [-0.2, 0) is 20.2 Å². The normalized spacial score (nSPS) is 27.7. The van der Waals surface area contributed by atoms with Crippen molar-refractivity contribution in [2.45, 2.75) is 11.3 Å². The highest BCUT2D eigenvalue weighted by molar-refractivity contribution is 8.23. The van der Waals surface area contributed by atoms with Gasteiger partial charge in [0.05, 0.1) is 0 Å². The van der Waals surface area contributed by atoms with Gasteiger partial charge in [-0.25, -0.2) is 0 Å². The predicted molar refractivity (Wildman–Crippen MR) is 58.1 cm³/mol. The van der Waals surface area contributed by atoms with Crippen LogP contribution >= 0.6 is 11.8 Å². The monoisotopic (exact) mass is 290 g/mol. The second-order valence-electron chi connectivity index (χ2n) is 3.11. The van der Waals surface area contributed by atoms with Crippen molar-refractivity contribution in [2.75, 3.05) is 7.05 Å². The van der Waals surface area contributed by atoms with Crippen molar-refractivity contribution in [3.63, 3.8) is 0 Å². The lowest BCUT2D eigenvalue weighted by atomic mass is 10.5. The second kappa shape index (κ2) is 3.58. The molecule has 16 heavy (non-hydrogen) atoms. The molecule has 1 rings (SSSR count). The molecule has 0 saturated carbocycles. The Morgan fingerprint density at radius 2 is 1.75 bits per heavy atom. The Bertz CT molecular complexity index is 549. The third kappa shape index (κ3) is 1.94. The molecule has 0 aromatic carbocycles. The second-order valence-corrected chi connectivity index (χ2v) is 7.80. The maximum absolute atomic E-state index is 11.0. The van der Waals surface area contributed by atoms with E-state index in [1.165, 1.54) is 14.0 Å². The molecule has 0 aliphatic carbocycles. The zero-order valence-corrected chi connectivity index (χ0v) is 10.7. The molecule has 1 atom stereocenters. The van der Waals surface area contributed by atoms with Gasteiger partial charge in [-0.05, 0) is 18.7 Å². The van der Waals surface area contributed by atoms with Crippen LogP contribution in [-0.4, -0.2) is 42.2 Å². The standard InChI is InChI=1S/C5H10N2O6S3/c1-3-4(15(8,9)10)14-5(6,7(3)2)16(11,12)13/h6H2,1-2H3,(H,8,9,10)(H,11,12,13). The fourth-order valence-corrected chi connectivity index (χ4v) is 4.56. The largest absolute Gasteiger partial charge is 0.335 e. The SMILES string of the molecule is CC1=C(S(=O)(=O)O)SC(N)(S(=O)(=O)O)N1C. The van der Waals surface area contributed by atoms with E-state index in [1.807, 2.05) is 0 Å². The first-order valence-electron chi connectivity index (χ1n) is 3.78. The molecule has 11 heteroatoms. The minimum Gasteiger partial charge on any atom is -0.335 e. The van der Waals surface area contributed by atoms with Crippen molar-refractivity contribution in [1.82, 2.24) is 4.90 Å². The highest BCUT2D eigenvalue weighted by atomic mass is 32.3. The van der Waals surface area contributed by atoms with E-state index in [-0.39, 0.29) is 17.5 Å². The van der Waals surface area contributed by atoms with E-state index in [1.54, 1.807) is 0 Å². The lowest BCUT2D eigenvalue weighted by molar-refractivity contribution is 0.330. The van der Waals surface area contributed by atoms with Crippen molar-refractivity contribution >= 4 is 32.0 Å². The van der Waals surface area contributed by atoms with Crippen LogP contribution in [0.4, 0.5) is 0 Å². The van der Waals surface area contributed by atoms with Gasteiger partial charge in [0.25, 0.3) is 4.33 Å². The summed E-state index contributed by atoms with van der Waals surface area (Å²) in [4.78, 5) is 0.857. The van der Waals surface area contributed by atoms with Crippen LogP contribution in [0.5, 0.6) is 0 Å². The molecule has 1 aliphatic rings. The van der Waals surface area contributed by atoms with E-state index < -0.39 is 28.8 Å². The third-order valence-electron chi connectivity index (χ3n) is 2.11. The van der Waals surface area contributed by atoms with Crippen molar-refractivity contribution < 1.29 is 25.9 Å². The summed E-state index contributed by atoms with van der Waals surface area (Å²) >= 11 is 0.150. The van der Waals surface area contributed by atoms with E-state index in [2.05, 4.69) is 0 Å². The van der Waals surface area contributed by atoms with Gasteiger partial charge >= 0.3 is 20.2 Å². The highest BCUT2D eigenvalue weighted by Gasteiger charge is 2.52. The van der Waals surface area contributed by atoms with Gasteiger partial charge in [-0.15, -0.1) is 0 Å². The smallest absolute Gasteiger partial charge is 0.314 e. The molecule has 8 nitrogen and oxygen atoms in total. The molecule has 1 aliphatic heterocycles. The van der Waals surface area contributed by atoms with Crippen LogP contribution in [0.3, 0.4) is 0 Å². The Balaban J connectivity index is 3.38. The number of hydrogen-bond acceptors (Lipinski definition) is 7. The fraction of sp³-hybridized carbons (Fsp3) is 0.600. The Kier molecular flexibility index (Phi) is 3.07. The first-order chi connectivity index (χ1) is 6.91. The van der Waals surface area contributed by atoms with Crippen LogP contribution < -0.4 is 5.73 Å². The molecule has 4 N–H and O–H groups in total. The van der Waals surface area contributed by atoms with Gasteiger partial charge in [-0.2, -0.15) is 16.8 Å². The van der Waals surface area contributed by atoms with Gasteiger partial charge in [-0.1, -0.05) is 0 Å². The molecular weight excluding hydrogens is 280 g/mol. The number of nitrogens with zero attached hydrogens (tertiary/aromatic N) is 1. The summed E-state index contributed by atoms with van der Waals surface area (Å²) in [6.07, 6.45) is 0. The molecular formula is C5H10N2O6S3. The topological polar surface area (TPSA) is 138 Å². The van der Waals surface area contributed by atoms with Gasteiger partial charge in [0.15, 0.2) is 4.24 Å². The summed E-state index contributed by atoms with van der Waals surface area (Å²) in [6.45, 7) is 1.26. The quantitative estimate of drug-likeness (QED) is 0.558. The number of thioether (sulfide) groups is 1. The zero-order chi connectivity index (χ0) is 12.9. The Labute approximate surface area is 97.0 Å². The summed E-state index contributed by atoms with van der Waals surface area (Å²) < 4.78 is 58.8. The summed E-state index contributed by atoms with van der Waals surface area (Å²) in [5.74, 6) is 0. The number of hydrogen-bond donors (Lipinski definition) is 3. The van der Waals surface area contributed by atoms with Gasteiger partial charge in [0.1, 0.15) is 0 Å². The summed E-state index contributed by atoms with van der Waals surface area (Å²) in [5.41, 5.74) is 5.33. The van der Waals surface area contributed by atoms with E-state index in [0.29, 0.717) is 0 Å². The number of rotatable bonds is 2. The number of allylic oxidation sites excluding steroid dienone is 1. The van der Waals surface area contributed by atoms with Crippen molar-refractivity contribution in [3.8, 4) is 0 Å². The molecule has 0 fully saturated rings. The number of nitrogens with two attached hydrogens (primary N) is 1. The molecule has 94 valence electrons. The van der Waals surface area contributed by atoms with Crippen molar-refractivity contribution in [2.24, 2.45) is 5.73 Å². The van der Waals surface area contributed by atoms with E-state index in [4.69, 9.17) is 14.8 Å². The lowest BCUT2D eigenvalue weighted by Gasteiger charge is -2.29. The molecule has 0 bridgehead atoms. The average Bonchev–Trinajstić information content (AvgIpc) is 2.28. The van der Waals surface area contributed by atoms with Crippen molar-refractivity contribution in [3.05, 3.63) is 9.93 Å². The minimum absolute atomic E-state index is 0.0624. The first kappa shape index (κ1) is 13.7. The Hall–Kier alpha value is -0.330. The van der Waals surface area contributed by atoms with Gasteiger partial charge < -0.3 is 4.90 Å². The Morgan fingerprint density at radius 3 is 1.94 bits per heavy atom. The van der Waals surface area contributed by atoms with E-state index in [0.717, 1.165) is 4.90 Å². The van der Waals surface area contributed by atoms with Crippen LogP contribution in [0.25, 0.3) is 0 Å². The van der Waals surface area contributed by atoms with Crippen LogP contribution in [0.2, 0.25) is 0 Å². The van der Waals surface area contributed by atoms with Crippen LogP contribution in [0.1, 0.15) is 6.92 Å². The molecule has 1 heterocycles. The van der Waals surface area contributed by atoms with Crippen molar-refractivity contribution in [1.29, 1.82) is 0 Å². The predicted octanol–water partition coefficient (Wildman–Crippen LogP) is -0.800. The minimum atomic E-state index is -4.73. The van der Waals surface area contributed by atoms with Gasteiger partial charge in [-0.3, -0.25) is 14.8 Å². The third-order valence-corrected chi connectivity index (χ3v) is 6.70. The van der Waals surface area contributed by atoms with Crippen LogP contribution in [0, 0.1) is 0 Å². The Morgan fingerprint density at radius 1 is 1.31 bits per heavy atom. The molecule has 0 aromatic heterocycles. The van der Waals surface area contributed by atoms with Gasteiger partial charge in [0, 0.05) is 12.7 Å². The summed E-state index contributed by atoms with van der Waals surface area (Å²) in [6, 6.07) is 0. The van der Waals surface area contributed by atoms with E-state index >= 15 is 0 Å². The lowest BCUT2D eigenvalue weighted by Crippen LogP contribution is -2.53. The molecule has 0 radical (unpaired) electrons. The first-order valence-corrected chi connectivity index (χ1v) is 7.48.